The monoisotopic (exact) mass is 196 g/mol. The van der Waals surface area contributed by atoms with E-state index < -0.39 is 0 Å². The Bertz CT molecular complexity index is 294. The van der Waals surface area contributed by atoms with Crippen LogP contribution in [0.3, 0.4) is 0 Å². The fraction of sp³-hybridized carbons (Fsp3) is 0.500. The van der Waals surface area contributed by atoms with Gasteiger partial charge in [0, 0.05) is 7.11 Å². The third-order valence-electron chi connectivity index (χ3n) is 2.30. The topological polar surface area (TPSA) is 9.23 Å². The van der Waals surface area contributed by atoms with Crippen molar-refractivity contribution in [3.8, 4) is 0 Å². The Labute approximate surface area is 84.9 Å². The van der Waals surface area contributed by atoms with Gasteiger partial charge in [-0.05, 0) is 29.5 Å². The molecule has 0 unspecified atom stereocenters. The first-order valence-corrected chi connectivity index (χ1v) is 4.93. The lowest BCUT2D eigenvalue weighted by atomic mass is 9.95. The molecule has 0 amide bonds. The molecule has 0 aromatic heterocycles. The molecule has 0 heterocycles. The van der Waals surface area contributed by atoms with Gasteiger partial charge in [0.05, 0.1) is 6.61 Å². The average Bonchev–Trinajstić information content (AvgIpc) is 2.14. The van der Waals surface area contributed by atoms with Gasteiger partial charge >= 0.3 is 0 Å². The van der Waals surface area contributed by atoms with Crippen LogP contribution >= 0.6 is 0 Å². The molecule has 0 N–H and O–H groups in total. The van der Waals surface area contributed by atoms with E-state index in [1.807, 2.05) is 19.9 Å². The minimum atomic E-state index is -0.103. The molecule has 0 radical (unpaired) electrons. The highest BCUT2D eigenvalue weighted by atomic mass is 19.1. The van der Waals surface area contributed by atoms with Crippen LogP contribution in [0.25, 0.3) is 0 Å². The normalized spacial score (nSPS) is 10.9. The van der Waals surface area contributed by atoms with Crippen molar-refractivity contribution in [3.63, 3.8) is 0 Å². The summed E-state index contributed by atoms with van der Waals surface area (Å²) in [6, 6.07) is 5.25. The zero-order valence-electron chi connectivity index (χ0n) is 9.01. The maximum Gasteiger partial charge on any atom is 0.126 e. The molecule has 0 saturated carbocycles. The van der Waals surface area contributed by atoms with E-state index >= 15 is 0 Å². The summed E-state index contributed by atoms with van der Waals surface area (Å²) in [5.41, 5.74) is 1.88. The van der Waals surface area contributed by atoms with E-state index in [1.165, 1.54) is 6.07 Å². The summed E-state index contributed by atoms with van der Waals surface area (Å²) >= 11 is 0. The molecule has 0 saturated heterocycles. The Kier molecular flexibility index (Phi) is 4.08. The molecule has 78 valence electrons. The number of halogens is 1. The Morgan fingerprint density at radius 2 is 2.07 bits per heavy atom. The van der Waals surface area contributed by atoms with E-state index in [0.717, 1.165) is 17.5 Å². The Hall–Kier alpha value is -0.890. The maximum absolute atomic E-state index is 13.5. The van der Waals surface area contributed by atoms with Crippen molar-refractivity contribution in [1.29, 1.82) is 0 Å². The third-order valence-corrected chi connectivity index (χ3v) is 2.30. The Morgan fingerprint density at radius 1 is 1.36 bits per heavy atom. The van der Waals surface area contributed by atoms with Gasteiger partial charge in [-0.25, -0.2) is 4.39 Å². The molecule has 0 fully saturated rings. The molecule has 1 rings (SSSR count). The second-order valence-electron chi connectivity index (χ2n) is 3.71. The van der Waals surface area contributed by atoms with Gasteiger partial charge in [0.25, 0.3) is 0 Å². The fourth-order valence-corrected chi connectivity index (χ4v) is 1.66. The van der Waals surface area contributed by atoms with Crippen LogP contribution in [0.15, 0.2) is 18.2 Å². The highest BCUT2D eigenvalue weighted by Gasteiger charge is 2.11. The lowest BCUT2D eigenvalue weighted by Crippen LogP contribution is -2.03. The first-order valence-electron chi connectivity index (χ1n) is 4.93. The fourth-order valence-electron chi connectivity index (χ4n) is 1.66. The average molecular weight is 196 g/mol. The molecule has 0 atom stereocenters. The summed E-state index contributed by atoms with van der Waals surface area (Å²) in [7, 11) is 1.66. The lowest BCUT2D eigenvalue weighted by Gasteiger charge is -2.13. The number of rotatable bonds is 4. The number of ether oxygens (including phenoxy) is 1. The van der Waals surface area contributed by atoms with E-state index in [4.69, 9.17) is 4.74 Å². The molecule has 0 bridgehead atoms. The minimum Gasteiger partial charge on any atom is -0.384 e. The standard InChI is InChI=1S/C12H17FO/c1-9(2)12-10(7-8-14-3)5-4-6-11(12)13/h4-6,9H,7-8H2,1-3H3. The quantitative estimate of drug-likeness (QED) is 0.718. The summed E-state index contributed by atoms with van der Waals surface area (Å²) in [4.78, 5) is 0. The van der Waals surface area contributed by atoms with E-state index in [9.17, 15) is 4.39 Å². The zero-order valence-corrected chi connectivity index (χ0v) is 9.01. The number of hydrogen-bond donors (Lipinski definition) is 0. The second-order valence-corrected chi connectivity index (χ2v) is 3.71. The van der Waals surface area contributed by atoms with Crippen LogP contribution in [-0.2, 0) is 11.2 Å². The molecule has 1 aromatic rings. The van der Waals surface area contributed by atoms with Crippen LogP contribution in [0.4, 0.5) is 4.39 Å². The summed E-state index contributed by atoms with van der Waals surface area (Å²) in [5.74, 6) is 0.122. The smallest absolute Gasteiger partial charge is 0.126 e. The highest BCUT2D eigenvalue weighted by molar-refractivity contribution is 5.31. The molecule has 0 aliphatic heterocycles. The molecule has 2 heteroatoms. The maximum atomic E-state index is 13.5. The minimum absolute atomic E-state index is 0.103. The molecule has 0 spiro atoms. The van der Waals surface area contributed by atoms with Crippen molar-refractivity contribution < 1.29 is 9.13 Å². The summed E-state index contributed by atoms with van der Waals surface area (Å²) in [5, 5.41) is 0. The van der Waals surface area contributed by atoms with E-state index in [0.29, 0.717) is 6.61 Å². The Morgan fingerprint density at radius 3 is 2.64 bits per heavy atom. The highest BCUT2D eigenvalue weighted by Crippen LogP contribution is 2.23. The summed E-state index contributed by atoms with van der Waals surface area (Å²) in [6.45, 7) is 4.66. The molecule has 0 aliphatic rings. The molecular weight excluding hydrogens is 179 g/mol. The molecule has 1 aromatic carbocycles. The van der Waals surface area contributed by atoms with Gasteiger partial charge in [0.15, 0.2) is 0 Å². The van der Waals surface area contributed by atoms with Gasteiger partial charge < -0.3 is 4.74 Å². The summed E-state index contributed by atoms with van der Waals surface area (Å²) < 4.78 is 18.5. The van der Waals surface area contributed by atoms with Crippen LogP contribution in [-0.4, -0.2) is 13.7 Å². The zero-order chi connectivity index (χ0) is 10.6. The van der Waals surface area contributed by atoms with Crippen LogP contribution in [0.5, 0.6) is 0 Å². The SMILES string of the molecule is COCCc1cccc(F)c1C(C)C. The van der Waals surface area contributed by atoms with E-state index in [-0.39, 0.29) is 11.7 Å². The van der Waals surface area contributed by atoms with Crippen molar-refractivity contribution in [3.05, 3.63) is 35.1 Å². The number of hydrogen-bond acceptors (Lipinski definition) is 1. The number of benzene rings is 1. The van der Waals surface area contributed by atoms with E-state index in [1.54, 1.807) is 13.2 Å². The predicted molar refractivity (Wildman–Crippen MR) is 56.1 cm³/mol. The van der Waals surface area contributed by atoms with Crippen molar-refractivity contribution in [1.82, 2.24) is 0 Å². The molecule has 0 aliphatic carbocycles. The van der Waals surface area contributed by atoms with Crippen molar-refractivity contribution >= 4 is 0 Å². The summed E-state index contributed by atoms with van der Waals surface area (Å²) in [6.07, 6.45) is 0.780. The van der Waals surface area contributed by atoms with Crippen LogP contribution in [0.2, 0.25) is 0 Å². The number of methoxy groups -OCH3 is 1. The van der Waals surface area contributed by atoms with E-state index in [2.05, 4.69) is 0 Å². The van der Waals surface area contributed by atoms with Crippen LogP contribution in [0, 0.1) is 5.82 Å². The largest absolute Gasteiger partial charge is 0.384 e. The lowest BCUT2D eigenvalue weighted by molar-refractivity contribution is 0.202. The first-order chi connectivity index (χ1) is 6.66. The van der Waals surface area contributed by atoms with Gasteiger partial charge in [0.2, 0.25) is 0 Å². The van der Waals surface area contributed by atoms with Gasteiger partial charge in [-0.1, -0.05) is 26.0 Å². The van der Waals surface area contributed by atoms with Gasteiger partial charge in [0.1, 0.15) is 5.82 Å². The van der Waals surface area contributed by atoms with Gasteiger partial charge in [-0.15, -0.1) is 0 Å². The van der Waals surface area contributed by atoms with Gasteiger partial charge in [-0.2, -0.15) is 0 Å². The van der Waals surface area contributed by atoms with Crippen molar-refractivity contribution in [2.24, 2.45) is 0 Å². The molecule has 14 heavy (non-hydrogen) atoms. The van der Waals surface area contributed by atoms with Crippen LogP contribution < -0.4 is 0 Å². The van der Waals surface area contributed by atoms with Gasteiger partial charge in [-0.3, -0.25) is 0 Å². The molecule has 1 nitrogen and oxygen atoms in total. The predicted octanol–water partition coefficient (Wildman–Crippen LogP) is 3.14. The Balaban J connectivity index is 2.96. The third kappa shape index (κ3) is 2.55. The second kappa shape index (κ2) is 5.11. The van der Waals surface area contributed by atoms with Crippen LogP contribution in [0.1, 0.15) is 30.9 Å². The van der Waals surface area contributed by atoms with Crippen molar-refractivity contribution in [2.75, 3.05) is 13.7 Å². The van der Waals surface area contributed by atoms with Crippen molar-refractivity contribution in [2.45, 2.75) is 26.2 Å². The first kappa shape index (κ1) is 11.2. The molecular formula is C12H17FO.